The lowest BCUT2D eigenvalue weighted by atomic mass is 10.0. The average Bonchev–Trinajstić information content (AvgIpc) is 2.79. The Labute approximate surface area is 193 Å². The molecule has 1 heterocycles. The minimum Gasteiger partial charge on any atom is -0.480 e. The first-order chi connectivity index (χ1) is 15.2. The molecule has 166 valence electrons. The normalized spacial score (nSPS) is 18.9. The van der Waals surface area contributed by atoms with E-state index in [4.69, 9.17) is 0 Å². The molecule has 0 radical (unpaired) electrons. The second kappa shape index (κ2) is 8.73. The smallest absolute Gasteiger partial charge is 0.323 e. The van der Waals surface area contributed by atoms with Crippen LogP contribution in [-0.2, 0) is 14.8 Å². The summed E-state index contributed by atoms with van der Waals surface area (Å²) < 4.78 is 27.0. The van der Waals surface area contributed by atoms with Crippen LogP contribution in [0.1, 0.15) is 13.8 Å². The lowest BCUT2D eigenvalue weighted by molar-refractivity contribution is -0.142. The number of sulfonamides is 1. The van der Waals surface area contributed by atoms with E-state index >= 15 is 0 Å². The molecule has 7 heteroatoms. The molecule has 0 bridgehead atoms. The number of aliphatic carboxylic acids is 1. The zero-order valence-corrected chi connectivity index (χ0v) is 19.6. The number of rotatable bonds is 5. The molecule has 1 aliphatic heterocycles. The van der Waals surface area contributed by atoms with Crippen LogP contribution in [0.25, 0.3) is 22.3 Å². The summed E-state index contributed by atoms with van der Waals surface area (Å²) in [7, 11) is -3.93. The minimum absolute atomic E-state index is 0.108. The average molecular weight is 468 g/mol. The van der Waals surface area contributed by atoms with Crippen LogP contribution in [0, 0.1) is 0 Å². The molecular formula is C25H25NO4S2. The molecule has 1 saturated heterocycles. The maximum Gasteiger partial charge on any atom is 0.323 e. The number of hydrogen-bond donors (Lipinski definition) is 1. The monoisotopic (exact) mass is 467 g/mol. The van der Waals surface area contributed by atoms with E-state index in [2.05, 4.69) is 12.1 Å². The van der Waals surface area contributed by atoms with E-state index in [1.165, 1.54) is 11.8 Å². The lowest BCUT2D eigenvalue weighted by Crippen LogP contribution is -2.58. The highest BCUT2D eigenvalue weighted by Gasteiger charge is 2.48. The molecular weight excluding hydrogens is 442 g/mol. The van der Waals surface area contributed by atoms with Gasteiger partial charge < -0.3 is 5.11 Å². The third-order valence-electron chi connectivity index (χ3n) is 5.75. The number of carboxylic acids is 1. The van der Waals surface area contributed by atoms with Crippen LogP contribution >= 0.6 is 11.8 Å². The Morgan fingerprint density at radius 3 is 1.84 bits per heavy atom. The van der Waals surface area contributed by atoms with Gasteiger partial charge in [-0.3, -0.25) is 4.79 Å². The van der Waals surface area contributed by atoms with Crippen molar-refractivity contribution in [3.63, 3.8) is 0 Å². The van der Waals surface area contributed by atoms with Gasteiger partial charge in [0, 0.05) is 17.0 Å². The largest absolute Gasteiger partial charge is 0.480 e. The van der Waals surface area contributed by atoms with Crippen LogP contribution in [0.5, 0.6) is 0 Å². The predicted molar refractivity (Wildman–Crippen MR) is 129 cm³/mol. The Hall–Kier alpha value is -2.61. The highest BCUT2D eigenvalue weighted by Crippen LogP contribution is 2.38. The quantitative estimate of drug-likeness (QED) is 0.572. The second-order valence-corrected chi connectivity index (χ2v) is 11.9. The van der Waals surface area contributed by atoms with Crippen LogP contribution in [0.2, 0.25) is 0 Å². The molecule has 0 saturated carbocycles. The summed E-state index contributed by atoms with van der Waals surface area (Å²) in [6.45, 7) is 3.73. The van der Waals surface area contributed by atoms with Crippen LogP contribution in [0.15, 0.2) is 83.8 Å². The van der Waals surface area contributed by atoms with Gasteiger partial charge in [-0.25, -0.2) is 8.42 Å². The van der Waals surface area contributed by atoms with Crippen molar-refractivity contribution >= 4 is 27.8 Å². The Balaban J connectivity index is 1.60. The van der Waals surface area contributed by atoms with Gasteiger partial charge in [-0.2, -0.15) is 16.1 Å². The van der Waals surface area contributed by atoms with E-state index in [0.717, 1.165) is 26.6 Å². The topological polar surface area (TPSA) is 74.7 Å². The van der Waals surface area contributed by atoms with Gasteiger partial charge in [0.15, 0.2) is 0 Å². The van der Waals surface area contributed by atoms with Gasteiger partial charge in [0.1, 0.15) is 6.04 Å². The SMILES string of the molecule is CC1(C)SCCN(S(=O)(=O)c2ccc(-c3ccc(-c4ccccc4)cc3)cc2)[C@H]1C(=O)O. The van der Waals surface area contributed by atoms with Crippen LogP contribution < -0.4 is 0 Å². The number of hydrogen-bond acceptors (Lipinski definition) is 4. The van der Waals surface area contributed by atoms with Gasteiger partial charge in [0.2, 0.25) is 10.0 Å². The van der Waals surface area contributed by atoms with E-state index in [1.807, 2.05) is 42.5 Å². The second-order valence-electron chi connectivity index (χ2n) is 8.28. The highest BCUT2D eigenvalue weighted by molar-refractivity contribution is 8.00. The first kappa shape index (κ1) is 22.6. The Morgan fingerprint density at radius 1 is 0.875 bits per heavy atom. The minimum atomic E-state index is -3.93. The van der Waals surface area contributed by atoms with Crippen molar-refractivity contribution in [3.05, 3.63) is 78.9 Å². The third-order valence-corrected chi connectivity index (χ3v) is 8.99. The van der Waals surface area contributed by atoms with Gasteiger partial charge in [0.25, 0.3) is 0 Å². The summed E-state index contributed by atoms with van der Waals surface area (Å²) in [6, 6.07) is 23.7. The van der Waals surface area contributed by atoms with Crippen molar-refractivity contribution in [2.45, 2.75) is 29.5 Å². The molecule has 0 spiro atoms. The highest BCUT2D eigenvalue weighted by atomic mass is 32.2. The van der Waals surface area contributed by atoms with Crippen molar-refractivity contribution < 1.29 is 18.3 Å². The fourth-order valence-electron chi connectivity index (χ4n) is 4.07. The fraction of sp³-hybridized carbons (Fsp3) is 0.240. The van der Waals surface area contributed by atoms with Gasteiger partial charge in [-0.1, -0.05) is 66.7 Å². The Bertz CT molecular complexity index is 1210. The molecule has 3 aromatic carbocycles. The van der Waals surface area contributed by atoms with E-state index in [1.54, 1.807) is 38.1 Å². The predicted octanol–water partition coefficient (Wildman–Crippen LogP) is 4.99. The number of thioether (sulfide) groups is 1. The van der Waals surface area contributed by atoms with Gasteiger partial charge in [-0.15, -0.1) is 0 Å². The number of carbonyl (C=O) groups is 1. The molecule has 1 N–H and O–H groups in total. The van der Waals surface area contributed by atoms with E-state index in [-0.39, 0.29) is 11.4 Å². The van der Waals surface area contributed by atoms with Crippen LogP contribution in [0.4, 0.5) is 0 Å². The fourth-order valence-corrected chi connectivity index (χ4v) is 7.17. The molecule has 0 aliphatic carbocycles. The van der Waals surface area contributed by atoms with E-state index < -0.39 is 26.8 Å². The van der Waals surface area contributed by atoms with Crippen molar-refractivity contribution in [2.75, 3.05) is 12.3 Å². The summed E-state index contributed by atoms with van der Waals surface area (Å²) in [4.78, 5) is 12.0. The summed E-state index contributed by atoms with van der Waals surface area (Å²) in [5.74, 6) is -0.567. The standard InChI is InChI=1S/C25H25NO4S2/c1-25(2)23(24(27)28)26(16-17-31-25)32(29,30)22-14-12-21(13-15-22)20-10-8-19(9-11-20)18-6-4-3-5-7-18/h3-15,23H,16-17H2,1-2H3,(H,27,28)/t23-/m0/s1. The molecule has 0 unspecified atom stereocenters. The zero-order valence-electron chi connectivity index (χ0n) is 17.9. The molecule has 4 rings (SSSR count). The molecule has 0 amide bonds. The van der Waals surface area contributed by atoms with Gasteiger partial charge >= 0.3 is 5.97 Å². The summed E-state index contributed by atoms with van der Waals surface area (Å²) in [5, 5.41) is 9.73. The first-order valence-electron chi connectivity index (χ1n) is 10.3. The third kappa shape index (κ3) is 4.33. The van der Waals surface area contributed by atoms with Gasteiger partial charge in [-0.05, 0) is 48.2 Å². The van der Waals surface area contributed by atoms with Crippen molar-refractivity contribution in [1.29, 1.82) is 0 Å². The van der Waals surface area contributed by atoms with E-state index in [9.17, 15) is 18.3 Å². The first-order valence-corrected chi connectivity index (χ1v) is 12.8. The lowest BCUT2D eigenvalue weighted by Gasteiger charge is -2.42. The van der Waals surface area contributed by atoms with Crippen molar-refractivity contribution in [1.82, 2.24) is 4.31 Å². The molecule has 32 heavy (non-hydrogen) atoms. The van der Waals surface area contributed by atoms with Crippen molar-refractivity contribution in [3.8, 4) is 22.3 Å². The summed E-state index contributed by atoms with van der Waals surface area (Å²) >= 11 is 1.48. The van der Waals surface area contributed by atoms with E-state index in [0.29, 0.717) is 5.75 Å². The van der Waals surface area contributed by atoms with Crippen LogP contribution in [0.3, 0.4) is 0 Å². The molecule has 0 aromatic heterocycles. The molecule has 1 atom stereocenters. The molecule has 3 aromatic rings. The van der Waals surface area contributed by atoms with Crippen molar-refractivity contribution in [2.24, 2.45) is 0 Å². The Morgan fingerprint density at radius 2 is 1.34 bits per heavy atom. The maximum atomic E-state index is 13.3. The number of benzene rings is 3. The number of carboxylic acid groups (broad SMARTS) is 1. The molecule has 5 nitrogen and oxygen atoms in total. The summed E-state index contributed by atoms with van der Waals surface area (Å²) in [6.07, 6.45) is 0. The number of nitrogens with zero attached hydrogens (tertiary/aromatic N) is 1. The van der Waals surface area contributed by atoms with Crippen LogP contribution in [-0.4, -0.2) is 46.9 Å². The molecule has 1 aliphatic rings. The molecule has 1 fully saturated rings. The van der Waals surface area contributed by atoms with Gasteiger partial charge in [0.05, 0.1) is 4.90 Å². The Kier molecular flexibility index (Phi) is 6.16. The summed E-state index contributed by atoms with van der Waals surface area (Å²) in [5.41, 5.74) is 4.12. The zero-order chi connectivity index (χ0) is 22.9. The maximum absolute atomic E-state index is 13.3.